The van der Waals surface area contributed by atoms with Crippen molar-refractivity contribution in [1.29, 1.82) is 0 Å². The molecule has 0 N–H and O–H groups in total. The molecular formula is C45H29N5. The van der Waals surface area contributed by atoms with Crippen molar-refractivity contribution in [3.05, 3.63) is 176 Å². The topological polar surface area (TPSA) is 48.5 Å². The van der Waals surface area contributed by atoms with E-state index in [1.54, 1.807) is 41.0 Å². The fourth-order valence-electron chi connectivity index (χ4n) is 6.86. The van der Waals surface area contributed by atoms with Crippen LogP contribution >= 0.6 is 0 Å². The minimum atomic E-state index is 0.0462. The predicted octanol–water partition coefficient (Wildman–Crippen LogP) is 11.1. The molecule has 0 amide bonds. The maximum Gasteiger partial charge on any atom is 0.238 e. The van der Waals surface area contributed by atoms with Gasteiger partial charge in [-0.25, -0.2) is 4.98 Å². The highest BCUT2D eigenvalue weighted by atomic mass is 15.2. The van der Waals surface area contributed by atoms with E-state index in [0.29, 0.717) is 60.6 Å². The fraction of sp³-hybridized carbons (Fsp3) is 0. The lowest BCUT2D eigenvalue weighted by Crippen LogP contribution is -2.07. The van der Waals surface area contributed by atoms with Crippen LogP contribution < -0.4 is 0 Å². The molecule has 50 heavy (non-hydrogen) atoms. The summed E-state index contributed by atoms with van der Waals surface area (Å²) in [7, 11) is 0. The molecule has 0 saturated carbocycles. The van der Waals surface area contributed by atoms with Gasteiger partial charge in [0.25, 0.3) is 0 Å². The van der Waals surface area contributed by atoms with Crippen LogP contribution in [-0.2, 0) is 0 Å². The van der Waals surface area contributed by atoms with E-state index < -0.39 is 0 Å². The zero-order valence-electron chi connectivity index (χ0n) is 32.5. The van der Waals surface area contributed by atoms with Gasteiger partial charge in [-0.1, -0.05) is 152 Å². The van der Waals surface area contributed by atoms with Gasteiger partial charge in [0.2, 0.25) is 5.95 Å². The highest BCUT2D eigenvalue weighted by molar-refractivity contribution is 6.23. The fourth-order valence-corrected chi connectivity index (χ4v) is 6.86. The molecule has 5 heteroatoms. The van der Waals surface area contributed by atoms with Gasteiger partial charge in [0.05, 0.1) is 30.3 Å². The Morgan fingerprint density at radius 2 is 0.940 bits per heavy atom. The number of rotatable bonds is 5. The molecule has 0 saturated heterocycles. The molecule has 234 valence electrons. The average molecular weight is 646 g/mol. The van der Waals surface area contributed by atoms with E-state index in [1.807, 2.05) is 95.6 Å². The third kappa shape index (κ3) is 4.45. The third-order valence-electron chi connectivity index (χ3n) is 9.12. The lowest BCUT2D eigenvalue weighted by Gasteiger charge is -2.13. The van der Waals surface area contributed by atoms with Gasteiger partial charge in [-0.05, 0) is 35.3 Å². The first-order chi connectivity index (χ1) is 27.2. The number of hydrogen-bond donors (Lipinski definition) is 0. The zero-order valence-corrected chi connectivity index (χ0v) is 26.5. The molecule has 0 aliphatic rings. The van der Waals surface area contributed by atoms with E-state index in [-0.39, 0.29) is 48.0 Å². The van der Waals surface area contributed by atoms with Gasteiger partial charge in [0, 0.05) is 38.4 Å². The standard InChI is InChI=1S/C45H29N5/c1-4-14-30(15-5-1)31-24-26-33(27-25-31)44-46-43(32-16-6-2-7-17-32)47-45(48-44)50-40-23-13-11-21-36(40)38-29-28-37-35-20-10-12-22-39(35)49(41(37)42(38)50)34-18-8-3-9-19-34/h1-29H/i10D,11D,16D,22D,23D,29D. The number of para-hydroxylation sites is 3. The SMILES string of the molecule is [2H]c1cc([2H])c2c(c1)c1cc([2H])c3c4cc([2H])cc([2H])c4n(-c4nc(-c5ccc(-c6ccccc6)cc5)nc(-c5ccccc5[2H])n4)c3c1n2-c1ccccc1. The van der Waals surface area contributed by atoms with Gasteiger partial charge in [0.1, 0.15) is 0 Å². The van der Waals surface area contributed by atoms with Gasteiger partial charge in [-0.15, -0.1) is 0 Å². The van der Waals surface area contributed by atoms with Crippen molar-refractivity contribution in [3.63, 3.8) is 0 Å². The Morgan fingerprint density at radius 3 is 1.66 bits per heavy atom. The van der Waals surface area contributed by atoms with Gasteiger partial charge in [0.15, 0.2) is 11.6 Å². The molecule has 0 radical (unpaired) electrons. The first-order valence-corrected chi connectivity index (χ1v) is 16.3. The molecule has 3 aromatic heterocycles. The normalized spacial score (nSPS) is 13.3. The Balaban J connectivity index is 1.38. The molecule has 0 atom stereocenters. The van der Waals surface area contributed by atoms with E-state index in [9.17, 15) is 2.74 Å². The van der Waals surface area contributed by atoms with Gasteiger partial charge < -0.3 is 4.57 Å². The summed E-state index contributed by atoms with van der Waals surface area (Å²) in [5.74, 6) is 0.770. The number of benzene rings is 7. The van der Waals surface area contributed by atoms with E-state index in [2.05, 4.69) is 0 Å². The molecule has 0 fully saturated rings. The highest BCUT2D eigenvalue weighted by Crippen LogP contribution is 2.41. The summed E-state index contributed by atoms with van der Waals surface area (Å²) in [6.07, 6.45) is 0. The van der Waals surface area contributed by atoms with Crippen LogP contribution in [0.5, 0.6) is 0 Å². The molecule has 0 unspecified atom stereocenters. The second-order valence-corrected chi connectivity index (χ2v) is 12.0. The zero-order chi connectivity index (χ0) is 38.2. The smallest absolute Gasteiger partial charge is 0.238 e. The summed E-state index contributed by atoms with van der Waals surface area (Å²) >= 11 is 0. The molecule has 10 aromatic rings. The summed E-state index contributed by atoms with van der Waals surface area (Å²) in [5, 5.41) is 2.29. The summed E-state index contributed by atoms with van der Waals surface area (Å²) in [5.41, 5.74) is 6.17. The summed E-state index contributed by atoms with van der Waals surface area (Å²) in [6, 6.07) is 43.7. The van der Waals surface area contributed by atoms with Crippen LogP contribution in [0.15, 0.2) is 176 Å². The maximum atomic E-state index is 9.50. The molecule has 3 heterocycles. The van der Waals surface area contributed by atoms with Crippen molar-refractivity contribution in [2.24, 2.45) is 0 Å². The second-order valence-electron chi connectivity index (χ2n) is 12.0. The van der Waals surface area contributed by atoms with Gasteiger partial charge in [-0.3, -0.25) is 4.57 Å². The molecule has 0 aliphatic heterocycles. The summed E-state index contributed by atoms with van der Waals surface area (Å²) in [4.78, 5) is 15.1. The van der Waals surface area contributed by atoms with Crippen LogP contribution in [0.3, 0.4) is 0 Å². The van der Waals surface area contributed by atoms with Crippen LogP contribution in [0, 0.1) is 0 Å². The second kappa shape index (κ2) is 11.4. The predicted molar refractivity (Wildman–Crippen MR) is 205 cm³/mol. The summed E-state index contributed by atoms with van der Waals surface area (Å²) < 4.78 is 57.7. The van der Waals surface area contributed by atoms with Crippen LogP contribution in [0.2, 0.25) is 0 Å². The van der Waals surface area contributed by atoms with E-state index in [0.717, 1.165) is 16.8 Å². The van der Waals surface area contributed by atoms with E-state index >= 15 is 0 Å². The Morgan fingerprint density at radius 1 is 0.380 bits per heavy atom. The van der Waals surface area contributed by atoms with Crippen molar-refractivity contribution in [1.82, 2.24) is 24.1 Å². The number of aromatic nitrogens is 5. The van der Waals surface area contributed by atoms with Crippen molar-refractivity contribution >= 4 is 43.6 Å². The third-order valence-corrected chi connectivity index (χ3v) is 9.12. The minimum Gasteiger partial charge on any atom is -0.307 e. The lowest BCUT2D eigenvalue weighted by molar-refractivity contribution is 0.953. The van der Waals surface area contributed by atoms with E-state index in [4.69, 9.17) is 20.4 Å². The number of fused-ring (bicyclic) bond motifs is 7. The monoisotopic (exact) mass is 645 g/mol. The molecule has 7 aromatic carbocycles. The molecule has 0 bridgehead atoms. The highest BCUT2D eigenvalue weighted by Gasteiger charge is 2.23. The van der Waals surface area contributed by atoms with Crippen LogP contribution in [0.4, 0.5) is 0 Å². The first-order valence-electron chi connectivity index (χ1n) is 19.3. The molecular weight excluding hydrogens is 611 g/mol. The molecule has 10 rings (SSSR count). The van der Waals surface area contributed by atoms with Crippen LogP contribution in [0.1, 0.15) is 8.22 Å². The Hall–Kier alpha value is -6.85. The lowest BCUT2D eigenvalue weighted by atomic mass is 10.0. The van der Waals surface area contributed by atoms with E-state index in [1.165, 1.54) is 12.1 Å². The number of nitrogens with zero attached hydrogens (tertiary/aromatic N) is 5. The maximum absolute atomic E-state index is 9.50. The van der Waals surface area contributed by atoms with Crippen LogP contribution in [-0.4, -0.2) is 24.1 Å². The first kappa shape index (κ1) is 22.7. The Bertz CT molecular complexity index is 3200. The van der Waals surface area contributed by atoms with Crippen molar-refractivity contribution in [2.45, 2.75) is 0 Å². The van der Waals surface area contributed by atoms with Crippen molar-refractivity contribution in [2.75, 3.05) is 0 Å². The largest absolute Gasteiger partial charge is 0.307 e. The van der Waals surface area contributed by atoms with Crippen molar-refractivity contribution in [3.8, 4) is 45.5 Å². The van der Waals surface area contributed by atoms with Gasteiger partial charge >= 0.3 is 0 Å². The average Bonchev–Trinajstić information content (AvgIpc) is 3.72. The minimum absolute atomic E-state index is 0.0462. The molecule has 5 nitrogen and oxygen atoms in total. The molecule has 0 spiro atoms. The Labute approximate surface area is 296 Å². The van der Waals surface area contributed by atoms with Crippen LogP contribution in [0.25, 0.3) is 89.2 Å². The van der Waals surface area contributed by atoms with Gasteiger partial charge in [-0.2, -0.15) is 9.97 Å². The molecule has 0 aliphatic carbocycles. The quantitative estimate of drug-likeness (QED) is 0.187. The number of hydrogen-bond acceptors (Lipinski definition) is 3. The Kier molecular flexibility index (Phi) is 5.17. The van der Waals surface area contributed by atoms with Crippen molar-refractivity contribution < 1.29 is 8.22 Å². The summed E-state index contributed by atoms with van der Waals surface area (Å²) in [6.45, 7) is 0.